The van der Waals surface area contributed by atoms with Crippen molar-refractivity contribution in [3.05, 3.63) is 15.8 Å². The number of nitrogen functional groups attached to an aromatic ring is 1. The Kier molecular flexibility index (Phi) is 3.94. The highest BCUT2D eigenvalue weighted by Gasteiger charge is 2.28. The minimum Gasteiger partial charge on any atom is -0.354 e. The Bertz CT molecular complexity index is 548. The number of nitrogens with zero attached hydrogens (tertiary/aromatic N) is 4. The molecule has 20 heavy (non-hydrogen) atoms. The molecule has 0 saturated carbocycles. The maximum absolute atomic E-state index is 11.6. The van der Waals surface area contributed by atoms with Crippen molar-refractivity contribution >= 4 is 23.4 Å². The summed E-state index contributed by atoms with van der Waals surface area (Å²) >= 11 is 0. The van der Waals surface area contributed by atoms with E-state index in [2.05, 4.69) is 20.7 Å². The molecule has 1 amide bonds. The van der Waals surface area contributed by atoms with Gasteiger partial charge >= 0.3 is 5.69 Å². The molecular formula is C10H15N7O3. The number of carbonyl (C=O) groups excluding carboxylic acids is 1. The van der Waals surface area contributed by atoms with Crippen molar-refractivity contribution in [2.45, 2.75) is 13.3 Å². The molecule has 2 rings (SSSR count). The molecule has 108 valence electrons. The summed E-state index contributed by atoms with van der Waals surface area (Å²) in [6.07, 6.45) is 0.678. The van der Waals surface area contributed by atoms with Crippen LogP contribution in [0.1, 0.15) is 12.1 Å². The van der Waals surface area contributed by atoms with Gasteiger partial charge in [-0.15, -0.1) is 0 Å². The first-order valence-corrected chi connectivity index (χ1v) is 6.04. The second-order valence-electron chi connectivity index (χ2n) is 4.33. The van der Waals surface area contributed by atoms with Gasteiger partial charge in [0.15, 0.2) is 0 Å². The van der Waals surface area contributed by atoms with Gasteiger partial charge < -0.3 is 10.2 Å². The topological polar surface area (TPSA) is 139 Å². The SMILES string of the molecule is Cc1nc(NN)nc(N2CCCNC(=O)C2)c1[N+](=O)[O-]. The van der Waals surface area contributed by atoms with E-state index in [1.54, 1.807) is 4.90 Å². The molecule has 1 fully saturated rings. The van der Waals surface area contributed by atoms with Gasteiger partial charge in [-0.2, -0.15) is 4.98 Å². The molecule has 0 aromatic carbocycles. The van der Waals surface area contributed by atoms with Crippen molar-refractivity contribution in [1.29, 1.82) is 0 Å². The van der Waals surface area contributed by atoms with E-state index < -0.39 is 4.92 Å². The molecule has 1 aromatic rings. The van der Waals surface area contributed by atoms with Crippen LogP contribution in [-0.2, 0) is 4.79 Å². The summed E-state index contributed by atoms with van der Waals surface area (Å²) in [5, 5.41) is 13.9. The summed E-state index contributed by atoms with van der Waals surface area (Å²) in [4.78, 5) is 31.7. The molecule has 4 N–H and O–H groups in total. The largest absolute Gasteiger partial charge is 0.354 e. The molecule has 10 heteroatoms. The van der Waals surface area contributed by atoms with Crippen LogP contribution < -0.4 is 21.5 Å². The first kappa shape index (κ1) is 13.9. The minimum atomic E-state index is -0.548. The molecule has 1 aliphatic heterocycles. The summed E-state index contributed by atoms with van der Waals surface area (Å²) < 4.78 is 0. The van der Waals surface area contributed by atoms with Gasteiger partial charge in [0.2, 0.25) is 17.7 Å². The zero-order chi connectivity index (χ0) is 14.7. The third kappa shape index (κ3) is 2.74. The van der Waals surface area contributed by atoms with Crippen LogP contribution in [0.5, 0.6) is 0 Å². The standard InChI is InChI=1S/C10H15N7O3/c1-6-8(17(19)20)9(14-10(13-6)15-11)16-4-2-3-12-7(18)5-16/h2-5,11H2,1H3,(H,12,18)(H,13,14,15). The monoisotopic (exact) mass is 281 g/mol. The van der Waals surface area contributed by atoms with E-state index in [4.69, 9.17) is 5.84 Å². The number of hydrazine groups is 1. The first-order valence-electron chi connectivity index (χ1n) is 6.04. The Morgan fingerprint density at radius 2 is 2.25 bits per heavy atom. The predicted octanol–water partition coefficient (Wildman–Crippen LogP) is -0.695. The zero-order valence-corrected chi connectivity index (χ0v) is 10.9. The molecule has 0 aliphatic carbocycles. The normalized spacial score (nSPS) is 15.5. The number of aryl methyl sites for hydroxylation is 1. The third-order valence-electron chi connectivity index (χ3n) is 2.91. The lowest BCUT2D eigenvalue weighted by atomic mass is 10.3. The van der Waals surface area contributed by atoms with Gasteiger partial charge in [-0.05, 0) is 13.3 Å². The highest BCUT2D eigenvalue weighted by Crippen LogP contribution is 2.29. The number of nitrogens with two attached hydrogens (primary N) is 1. The number of aromatic nitrogens is 2. The van der Waals surface area contributed by atoms with Crippen molar-refractivity contribution in [3.8, 4) is 0 Å². The van der Waals surface area contributed by atoms with Crippen molar-refractivity contribution < 1.29 is 9.72 Å². The van der Waals surface area contributed by atoms with Gasteiger partial charge in [-0.25, -0.2) is 10.8 Å². The van der Waals surface area contributed by atoms with Crippen LogP contribution in [0, 0.1) is 17.0 Å². The van der Waals surface area contributed by atoms with Crippen LogP contribution in [0.15, 0.2) is 0 Å². The van der Waals surface area contributed by atoms with Gasteiger partial charge in [-0.3, -0.25) is 20.3 Å². The Labute approximate surface area is 114 Å². The van der Waals surface area contributed by atoms with Crippen LogP contribution in [0.25, 0.3) is 0 Å². The van der Waals surface area contributed by atoms with E-state index >= 15 is 0 Å². The lowest BCUT2D eigenvalue weighted by Crippen LogP contribution is -2.34. The highest BCUT2D eigenvalue weighted by atomic mass is 16.6. The van der Waals surface area contributed by atoms with Gasteiger partial charge in [0.05, 0.1) is 11.5 Å². The summed E-state index contributed by atoms with van der Waals surface area (Å²) in [6.45, 7) is 2.54. The second kappa shape index (κ2) is 5.65. The number of amides is 1. The highest BCUT2D eigenvalue weighted by molar-refractivity contribution is 5.82. The van der Waals surface area contributed by atoms with Crippen molar-refractivity contribution in [1.82, 2.24) is 15.3 Å². The summed E-state index contributed by atoms with van der Waals surface area (Å²) in [5.74, 6) is 5.24. The van der Waals surface area contributed by atoms with E-state index in [-0.39, 0.29) is 35.6 Å². The quantitative estimate of drug-likeness (QED) is 0.375. The fourth-order valence-electron chi connectivity index (χ4n) is 2.04. The van der Waals surface area contributed by atoms with Crippen molar-refractivity contribution in [3.63, 3.8) is 0 Å². The molecule has 1 aromatic heterocycles. The van der Waals surface area contributed by atoms with Crippen LogP contribution in [0.3, 0.4) is 0 Å². The number of carbonyl (C=O) groups is 1. The first-order chi connectivity index (χ1) is 9.52. The fraction of sp³-hybridized carbons (Fsp3) is 0.500. The Balaban J connectivity index is 2.49. The molecule has 1 aliphatic rings. The molecule has 0 radical (unpaired) electrons. The van der Waals surface area contributed by atoms with E-state index in [1.165, 1.54) is 6.92 Å². The Morgan fingerprint density at radius 3 is 2.90 bits per heavy atom. The molecule has 0 unspecified atom stereocenters. The zero-order valence-electron chi connectivity index (χ0n) is 10.9. The third-order valence-corrected chi connectivity index (χ3v) is 2.91. The molecule has 0 bridgehead atoms. The second-order valence-corrected chi connectivity index (χ2v) is 4.33. The number of nitrogens with one attached hydrogen (secondary N) is 2. The van der Waals surface area contributed by atoms with Crippen molar-refractivity contribution in [2.75, 3.05) is 30.0 Å². The van der Waals surface area contributed by atoms with E-state index in [9.17, 15) is 14.9 Å². The van der Waals surface area contributed by atoms with Gasteiger partial charge in [0.1, 0.15) is 5.69 Å². The van der Waals surface area contributed by atoms with Crippen LogP contribution in [0.4, 0.5) is 17.5 Å². The average Bonchev–Trinajstić information content (AvgIpc) is 2.61. The smallest absolute Gasteiger partial charge is 0.332 e. The summed E-state index contributed by atoms with van der Waals surface area (Å²) in [5.41, 5.74) is 2.25. The maximum Gasteiger partial charge on any atom is 0.332 e. The number of anilines is 2. The van der Waals surface area contributed by atoms with Gasteiger partial charge in [0.25, 0.3) is 0 Å². The van der Waals surface area contributed by atoms with E-state index in [0.29, 0.717) is 19.5 Å². The van der Waals surface area contributed by atoms with Gasteiger partial charge in [-0.1, -0.05) is 0 Å². The van der Waals surface area contributed by atoms with E-state index in [1.807, 2.05) is 0 Å². The average molecular weight is 281 g/mol. The van der Waals surface area contributed by atoms with Gasteiger partial charge in [0, 0.05) is 13.1 Å². The molecular weight excluding hydrogens is 266 g/mol. The van der Waals surface area contributed by atoms with Crippen LogP contribution in [0.2, 0.25) is 0 Å². The fourth-order valence-corrected chi connectivity index (χ4v) is 2.04. The number of hydrogen-bond donors (Lipinski definition) is 3. The number of rotatable bonds is 3. The molecule has 2 heterocycles. The molecule has 10 nitrogen and oxygen atoms in total. The minimum absolute atomic E-state index is 0.0152. The van der Waals surface area contributed by atoms with Crippen LogP contribution in [-0.4, -0.2) is 40.4 Å². The Hall–Kier alpha value is -2.49. The number of nitro groups is 1. The van der Waals surface area contributed by atoms with E-state index in [0.717, 1.165) is 0 Å². The lowest BCUT2D eigenvalue weighted by Gasteiger charge is -2.20. The predicted molar refractivity (Wildman–Crippen MR) is 71.1 cm³/mol. The Morgan fingerprint density at radius 1 is 1.50 bits per heavy atom. The molecule has 1 saturated heterocycles. The van der Waals surface area contributed by atoms with Crippen molar-refractivity contribution in [2.24, 2.45) is 5.84 Å². The molecule has 0 atom stereocenters. The maximum atomic E-state index is 11.6. The van der Waals surface area contributed by atoms with Crippen LogP contribution >= 0.6 is 0 Å². The lowest BCUT2D eigenvalue weighted by molar-refractivity contribution is -0.385. The summed E-state index contributed by atoms with van der Waals surface area (Å²) in [6, 6.07) is 0. The molecule has 0 spiro atoms. The number of hydrogen-bond acceptors (Lipinski definition) is 8. The summed E-state index contributed by atoms with van der Waals surface area (Å²) in [7, 11) is 0.